The van der Waals surface area contributed by atoms with Crippen molar-refractivity contribution in [2.24, 2.45) is 0 Å². The average Bonchev–Trinajstić information content (AvgIpc) is 3.11. The number of benzene rings is 1. The molecule has 1 atom stereocenters. The topological polar surface area (TPSA) is 79.5 Å². The second kappa shape index (κ2) is 7.61. The van der Waals surface area contributed by atoms with Gasteiger partial charge in [-0.05, 0) is 19.1 Å². The molecule has 1 aliphatic rings. The summed E-state index contributed by atoms with van der Waals surface area (Å²) in [6, 6.07) is 2.32. The van der Waals surface area contributed by atoms with Crippen LogP contribution in [-0.4, -0.2) is 53.9 Å². The van der Waals surface area contributed by atoms with E-state index in [0.717, 1.165) is 12.1 Å². The molecule has 1 fully saturated rings. The molecule has 1 unspecified atom stereocenters. The zero-order valence-corrected chi connectivity index (χ0v) is 16.2. The summed E-state index contributed by atoms with van der Waals surface area (Å²) in [5, 5.41) is 3.95. The van der Waals surface area contributed by atoms with Crippen molar-refractivity contribution in [3.05, 3.63) is 41.5 Å². The van der Waals surface area contributed by atoms with Crippen molar-refractivity contribution in [1.29, 1.82) is 0 Å². The Labute approximate surface area is 157 Å². The molecular weight excluding hydrogens is 378 g/mol. The number of aromatic nitrogens is 2. The van der Waals surface area contributed by atoms with Crippen LogP contribution in [0.25, 0.3) is 0 Å². The van der Waals surface area contributed by atoms with E-state index in [9.17, 15) is 17.2 Å². The van der Waals surface area contributed by atoms with E-state index in [1.165, 1.54) is 4.31 Å². The molecule has 1 aromatic heterocycles. The Balaban J connectivity index is 1.69. The molecule has 2 aromatic rings. The van der Waals surface area contributed by atoms with Crippen molar-refractivity contribution in [3.63, 3.8) is 0 Å². The molecule has 7 nitrogen and oxygen atoms in total. The maximum Gasteiger partial charge on any atom is 0.246 e. The van der Waals surface area contributed by atoms with Crippen LogP contribution in [0.1, 0.15) is 44.4 Å². The molecule has 0 saturated carbocycles. The summed E-state index contributed by atoms with van der Waals surface area (Å²) in [6.45, 7) is 7.10. The van der Waals surface area contributed by atoms with Gasteiger partial charge in [0.25, 0.3) is 0 Å². The fourth-order valence-corrected chi connectivity index (χ4v) is 4.43. The third-order valence-electron chi connectivity index (χ3n) is 4.66. The zero-order chi connectivity index (χ0) is 19.8. The summed E-state index contributed by atoms with van der Waals surface area (Å²) in [4.78, 5) is 5.91. The second-order valence-corrected chi connectivity index (χ2v) is 8.74. The highest BCUT2D eigenvalue weighted by molar-refractivity contribution is 7.89. The monoisotopic (exact) mass is 400 g/mol. The molecule has 27 heavy (non-hydrogen) atoms. The fourth-order valence-electron chi connectivity index (χ4n) is 2.96. The van der Waals surface area contributed by atoms with Crippen LogP contribution in [-0.2, 0) is 10.0 Å². The minimum atomic E-state index is -4.02. The Kier molecular flexibility index (Phi) is 5.59. The van der Waals surface area contributed by atoms with Gasteiger partial charge in [0, 0.05) is 38.2 Å². The lowest BCUT2D eigenvalue weighted by Crippen LogP contribution is -2.49. The third-order valence-corrected chi connectivity index (χ3v) is 6.60. The normalized spacial score (nSPS) is 18.1. The van der Waals surface area contributed by atoms with Gasteiger partial charge in [-0.3, -0.25) is 4.90 Å². The van der Waals surface area contributed by atoms with Crippen molar-refractivity contribution in [2.45, 2.75) is 37.6 Å². The number of halogens is 2. The van der Waals surface area contributed by atoms with Gasteiger partial charge in [-0.15, -0.1) is 0 Å². The van der Waals surface area contributed by atoms with Crippen LogP contribution in [0.4, 0.5) is 8.78 Å². The van der Waals surface area contributed by atoms with Crippen LogP contribution in [0.2, 0.25) is 0 Å². The maximum absolute atomic E-state index is 13.9. The highest BCUT2D eigenvalue weighted by Gasteiger charge is 2.33. The van der Waals surface area contributed by atoms with E-state index in [4.69, 9.17) is 4.52 Å². The summed E-state index contributed by atoms with van der Waals surface area (Å²) in [5.41, 5.74) is 0. The largest absolute Gasteiger partial charge is 0.338 e. The first-order chi connectivity index (χ1) is 12.7. The van der Waals surface area contributed by atoms with Gasteiger partial charge in [0.15, 0.2) is 5.82 Å². The lowest BCUT2D eigenvalue weighted by molar-refractivity contribution is 0.124. The molecule has 1 aromatic carbocycles. The quantitative estimate of drug-likeness (QED) is 0.767. The molecule has 0 amide bonds. The predicted octanol–water partition coefficient (Wildman–Crippen LogP) is 2.54. The zero-order valence-electron chi connectivity index (χ0n) is 15.4. The molecular formula is C17H22F2N4O3S. The minimum Gasteiger partial charge on any atom is -0.338 e. The van der Waals surface area contributed by atoms with Crippen molar-refractivity contribution in [1.82, 2.24) is 19.3 Å². The fraction of sp³-hybridized carbons (Fsp3) is 0.529. The Morgan fingerprint density at radius 2 is 1.78 bits per heavy atom. The SMILES string of the molecule is CC(C)c1noc(C(C)N2CCN(S(=O)(=O)c3ccc(F)cc3F)CC2)n1. The second-order valence-electron chi connectivity index (χ2n) is 6.84. The van der Waals surface area contributed by atoms with Crippen molar-refractivity contribution in [2.75, 3.05) is 26.2 Å². The van der Waals surface area contributed by atoms with E-state index >= 15 is 0 Å². The summed E-state index contributed by atoms with van der Waals surface area (Å²) < 4.78 is 58.8. The van der Waals surface area contributed by atoms with Gasteiger partial charge in [0.2, 0.25) is 15.9 Å². The van der Waals surface area contributed by atoms with Crippen molar-refractivity contribution >= 4 is 10.0 Å². The van der Waals surface area contributed by atoms with Crippen LogP contribution in [0.3, 0.4) is 0 Å². The molecule has 0 N–H and O–H groups in total. The van der Waals surface area contributed by atoms with Crippen molar-refractivity contribution < 1.29 is 21.7 Å². The third kappa shape index (κ3) is 4.02. The molecule has 1 aliphatic heterocycles. The molecule has 3 rings (SSSR count). The summed E-state index contributed by atoms with van der Waals surface area (Å²) in [5.74, 6) is -0.630. The van der Waals surface area contributed by atoms with E-state index in [-0.39, 0.29) is 25.0 Å². The summed E-state index contributed by atoms with van der Waals surface area (Å²) in [6.07, 6.45) is 0. The first kappa shape index (κ1) is 19.8. The van der Waals surface area contributed by atoms with Crippen LogP contribution in [0, 0.1) is 11.6 Å². The Bertz CT molecular complexity index is 909. The Morgan fingerprint density at radius 1 is 1.11 bits per heavy atom. The van der Waals surface area contributed by atoms with Gasteiger partial charge in [-0.25, -0.2) is 17.2 Å². The molecule has 0 aliphatic carbocycles. The lowest BCUT2D eigenvalue weighted by atomic mass is 10.2. The first-order valence-corrected chi connectivity index (χ1v) is 10.2. The molecule has 1 saturated heterocycles. The predicted molar refractivity (Wildman–Crippen MR) is 93.5 cm³/mol. The van der Waals surface area contributed by atoms with Crippen LogP contribution in [0.15, 0.2) is 27.6 Å². The standard InChI is InChI=1S/C17H22F2N4O3S/c1-11(2)16-20-17(26-21-16)12(3)22-6-8-23(9-7-22)27(24,25)15-5-4-13(18)10-14(15)19/h4-5,10-12H,6-9H2,1-3H3. The number of hydrogen-bond acceptors (Lipinski definition) is 6. The van der Waals surface area contributed by atoms with Gasteiger partial charge in [-0.1, -0.05) is 19.0 Å². The average molecular weight is 400 g/mol. The van der Waals surface area contributed by atoms with Gasteiger partial charge >= 0.3 is 0 Å². The van der Waals surface area contributed by atoms with Crippen molar-refractivity contribution in [3.8, 4) is 0 Å². The van der Waals surface area contributed by atoms with Gasteiger partial charge < -0.3 is 4.52 Å². The highest BCUT2D eigenvalue weighted by atomic mass is 32.2. The smallest absolute Gasteiger partial charge is 0.246 e. The van der Waals surface area contributed by atoms with E-state index in [2.05, 4.69) is 10.1 Å². The van der Waals surface area contributed by atoms with Gasteiger partial charge in [0.05, 0.1) is 6.04 Å². The lowest BCUT2D eigenvalue weighted by Gasteiger charge is -2.36. The summed E-state index contributed by atoms with van der Waals surface area (Å²) >= 11 is 0. The molecule has 0 radical (unpaired) electrons. The van der Waals surface area contributed by atoms with Crippen LogP contribution in [0.5, 0.6) is 0 Å². The molecule has 0 spiro atoms. The molecule has 10 heteroatoms. The number of rotatable bonds is 5. The molecule has 2 heterocycles. The van der Waals surface area contributed by atoms with Gasteiger partial charge in [-0.2, -0.15) is 9.29 Å². The van der Waals surface area contributed by atoms with Crippen LogP contribution < -0.4 is 0 Å². The summed E-state index contributed by atoms with van der Waals surface area (Å²) in [7, 11) is -4.02. The van der Waals surface area contributed by atoms with E-state index in [1.54, 1.807) is 0 Å². The van der Waals surface area contributed by atoms with E-state index < -0.39 is 26.6 Å². The number of hydrogen-bond donors (Lipinski definition) is 0. The first-order valence-electron chi connectivity index (χ1n) is 8.73. The maximum atomic E-state index is 13.9. The Morgan fingerprint density at radius 3 is 2.33 bits per heavy atom. The van der Waals surface area contributed by atoms with E-state index in [1.807, 2.05) is 25.7 Å². The number of nitrogens with zero attached hydrogens (tertiary/aromatic N) is 4. The molecule has 0 bridgehead atoms. The minimum absolute atomic E-state index is 0.155. The number of sulfonamides is 1. The van der Waals surface area contributed by atoms with E-state index in [0.29, 0.717) is 30.9 Å². The Hall–Kier alpha value is -1.91. The number of piperazine rings is 1. The molecule has 148 valence electrons. The van der Waals surface area contributed by atoms with Gasteiger partial charge in [0.1, 0.15) is 16.5 Å². The van der Waals surface area contributed by atoms with Crippen LogP contribution >= 0.6 is 0 Å². The highest BCUT2D eigenvalue weighted by Crippen LogP contribution is 2.25.